The Morgan fingerprint density at radius 3 is 1.32 bits per heavy atom. The van der Waals surface area contributed by atoms with Gasteiger partial charge < -0.3 is 10.1 Å². The number of aliphatic hydroxyl groups is 1. The van der Waals surface area contributed by atoms with E-state index in [0.717, 1.165) is 101 Å². The molecule has 0 unspecified atom stereocenters. The van der Waals surface area contributed by atoms with Gasteiger partial charge in [0.15, 0.2) is 0 Å². The highest BCUT2D eigenvalue weighted by Gasteiger charge is 2.27. The van der Waals surface area contributed by atoms with E-state index in [9.17, 15) is 5.11 Å². The van der Waals surface area contributed by atoms with Crippen LogP contribution in [0.3, 0.4) is 0 Å². The zero-order valence-electron chi connectivity index (χ0n) is 26.0. The Labute approximate surface area is 244 Å². The van der Waals surface area contributed by atoms with E-state index in [1.165, 1.54) is 33.4 Å². The lowest BCUT2D eigenvalue weighted by Gasteiger charge is -2.07. The molecule has 214 valence electrons. The fraction of sp³-hybridized carbons (Fsp3) is 0.417. The zero-order chi connectivity index (χ0) is 29.4. The molecule has 5 heterocycles. The second kappa shape index (κ2) is 11.6. The number of aliphatic hydroxyl groups excluding tert-OH is 1. The fourth-order valence-corrected chi connectivity index (χ4v) is 6.93. The van der Waals surface area contributed by atoms with E-state index in [4.69, 9.17) is 15.0 Å². The molecule has 0 saturated heterocycles. The number of H-pyrrole nitrogens is 1. The molecular formula is C36H44N4O. The third kappa shape index (κ3) is 4.79. The van der Waals surface area contributed by atoms with Crippen molar-refractivity contribution in [1.82, 2.24) is 4.98 Å². The van der Waals surface area contributed by atoms with Crippen LogP contribution in [0.4, 0.5) is 0 Å². The Kier molecular flexibility index (Phi) is 8.17. The van der Waals surface area contributed by atoms with E-state index in [2.05, 4.69) is 77.8 Å². The maximum atomic E-state index is 10.9. The molecule has 0 fully saturated rings. The van der Waals surface area contributed by atoms with Crippen LogP contribution < -0.4 is 10.6 Å². The molecule has 8 bridgehead atoms. The van der Waals surface area contributed by atoms with E-state index in [1.54, 1.807) is 6.92 Å². The van der Waals surface area contributed by atoms with Crippen LogP contribution in [0.5, 0.6) is 0 Å². The van der Waals surface area contributed by atoms with Crippen LogP contribution in [-0.2, 0) is 6.42 Å². The zero-order valence-corrected chi connectivity index (χ0v) is 26.0. The molecule has 0 radical (unpaired) electrons. The molecule has 1 aromatic rings. The lowest BCUT2D eigenvalue weighted by Crippen LogP contribution is -2.28. The van der Waals surface area contributed by atoms with Crippen LogP contribution in [0.25, 0.3) is 17.9 Å². The maximum absolute atomic E-state index is 10.9. The Balaban J connectivity index is 1.93. The van der Waals surface area contributed by atoms with Gasteiger partial charge in [-0.15, -0.1) is 0 Å². The number of aromatic nitrogens is 1. The Bertz CT molecular complexity index is 1720. The van der Waals surface area contributed by atoms with Crippen molar-refractivity contribution in [2.24, 2.45) is 15.0 Å². The lowest BCUT2D eigenvalue weighted by atomic mass is 9.95. The molecule has 5 rings (SSSR count). The second-order valence-corrected chi connectivity index (χ2v) is 11.0. The normalized spacial score (nSPS) is 19.2. The number of nitrogens with zero attached hydrogens (tertiary/aromatic N) is 3. The molecule has 0 amide bonds. The van der Waals surface area contributed by atoms with Gasteiger partial charge in [0.2, 0.25) is 0 Å². The van der Waals surface area contributed by atoms with Gasteiger partial charge in [0.1, 0.15) is 0 Å². The average molecular weight is 549 g/mol. The van der Waals surface area contributed by atoms with Gasteiger partial charge in [-0.1, -0.05) is 48.5 Å². The van der Waals surface area contributed by atoms with Gasteiger partial charge in [0.05, 0.1) is 45.3 Å². The molecule has 41 heavy (non-hydrogen) atoms. The summed E-state index contributed by atoms with van der Waals surface area (Å²) in [5.74, 6) is 0.316. The Morgan fingerprint density at radius 2 is 0.951 bits per heavy atom. The minimum absolute atomic E-state index is 0.316. The standard InChI is InChI=1S/C36H44N4O/c1-9-21-22(10-2)29-17-31-25(13-5)26(14-6)33(39-31)19-35-36(20(8)41)27(15-7)34(40-35)18-32-24(12-4)23(11-3)30(38-32)16-28(21)37-29/h16-19,40-41H,9-15H2,1-8H3/b28-16?,31-17?,32-18?,35-19?,36-20+. The number of allylic oxidation sites excluding steroid dienone is 8. The monoisotopic (exact) mass is 548 g/mol. The van der Waals surface area contributed by atoms with Gasteiger partial charge in [-0.25, -0.2) is 15.0 Å². The topological polar surface area (TPSA) is 73.1 Å². The van der Waals surface area contributed by atoms with E-state index in [-0.39, 0.29) is 0 Å². The number of hydrogen-bond acceptors (Lipinski definition) is 4. The summed E-state index contributed by atoms with van der Waals surface area (Å²) in [6.07, 6.45) is 15.0. The highest BCUT2D eigenvalue weighted by Crippen LogP contribution is 2.37. The van der Waals surface area contributed by atoms with E-state index >= 15 is 0 Å². The van der Waals surface area contributed by atoms with Crippen LogP contribution in [0.2, 0.25) is 0 Å². The summed E-state index contributed by atoms with van der Waals surface area (Å²) in [5.41, 5.74) is 15.9. The molecule has 5 nitrogen and oxygen atoms in total. The van der Waals surface area contributed by atoms with Crippen molar-refractivity contribution in [3.05, 3.63) is 84.5 Å². The van der Waals surface area contributed by atoms with Gasteiger partial charge in [-0.05, 0) is 115 Å². The maximum Gasteiger partial charge on any atom is 0.0988 e. The summed E-state index contributed by atoms with van der Waals surface area (Å²) in [6.45, 7) is 17.2. The first kappa shape index (κ1) is 28.8. The van der Waals surface area contributed by atoms with Gasteiger partial charge >= 0.3 is 0 Å². The van der Waals surface area contributed by atoms with Crippen molar-refractivity contribution in [1.29, 1.82) is 0 Å². The highest BCUT2D eigenvalue weighted by atomic mass is 16.3. The Morgan fingerprint density at radius 1 is 0.561 bits per heavy atom. The van der Waals surface area contributed by atoms with Crippen molar-refractivity contribution < 1.29 is 5.11 Å². The molecule has 0 spiro atoms. The van der Waals surface area contributed by atoms with Crippen LogP contribution in [0, 0.1) is 0 Å². The first-order valence-corrected chi connectivity index (χ1v) is 15.5. The second-order valence-electron chi connectivity index (χ2n) is 11.0. The van der Waals surface area contributed by atoms with Crippen molar-refractivity contribution in [3.63, 3.8) is 0 Å². The molecule has 0 saturated carbocycles. The molecule has 1 aromatic heterocycles. The number of aromatic amines is 1. The minimum atomic E-state index is 0.316. The summed E-state index contributed by atoms with van der Waals surface area (Å²) in [6, 6.07) is 0. The Hall–Kier alpha value is -3.73. The number of nitrogens with one attached hydrogen (secondary N) is 1. The average Bonchev–Trinajstić information content (AvgIpc) is 3.68. The molecule has 4 aliphatic heterocycles. The SMILES string of the molecule is CCC1=C(CC)C2=NC1=CC1=NC(=Cc3[nH]c(/c(=C(\C)O)c3CC)=CC3=NC(=C2)C(CC)=C3CC)C(CC)=C1CC. The quantitative estimate of drug-likeness (QED) is 0.357. The van der Waals surface area contributed by atoms with E-state index in [1.807, 2.05) is 0 Å². The summed E-state index contributed by atoms with van der Waals surface area (Å²) in [4.78, 5) is 19.3. The van der Waals surface area contributed by atoms with Gasteiger partial charge in [-0.2, -0.15) is 0 Å². The summed E-state index contributed by atoms with van der Waals surface area (Å²) >= 11 is 0. The summed E-state index contributed by atoms with van der Waals surface area (Å²) in [7, 11) is 0. The van der Waals surface area contributed by atoms with Crippen molar-refractivity contribution in [2.75, 3.05) is 0 Å². The summed E-state index contributed by atoms with van der Waals surface area (Å²) in [5, 5.41) is 12.7. The third-order valence-electron chi connectivity index (χ3n) is 8.78. The highest BCUT2D eigenvalue weighted by molar-refractivity contribution is 6.24. The van der Waals surface area contributed by atoms with Crippen LogP contribution in [-0.4, -0.2) is 27.2 Å². The molecule has 0 aromatic carbocycles. The first-order valence-electron chi connectivity index (χ1n) is 15.5. The van der Waals surface area contributed by atoms with Gasteiger partial charge in [-0.3, -0.25) is 0 Å². The fourth-order valence-electron chi connectivity index (χ4n) is 6.93. The lowest BCUT2D eigenvalue weighted by molar-refractivity contribution is 0.498. The summed E-state index contributed by atoms with van der Waals surface area (Å²) < 4.78 is 0. The number of aliphatic imine (C=N–C) groups is 3. The van der Waals surface area contributed by atoms with Gasteiger partial charge in [0, 0.05) is 10.9 Å². The number of rotatable bonds is 7. The van der Waals surface area contributed by atoms with E-state index < -0.39 is 0 Å². The molecular weight excluding hydrogens is 504 g/mol. The molecule has 2 N–H and O–H groups in total. The molecule has 0 atom stereocenters. The van der Waals surface area contributed by atoms with Crippen LogP contribution in [0.1, 0.15) is 105 Å². The predicted octanol–water partition coefficient (Wildman–Crippen LogP) is 7.88. The van der Waals surface area contributed by atoms with Crippen molar-refractivity contribution >= 4 is 35.0 Å². The largest absolute Gasteiger partial charge is 0.512 e. The van der Waals surface area contributed by atoms with Gasteiger partial charge in [0.25, 0.3) is 0 Å². The van der Waals surface area contributed by atoms with Crippen LogP contribution in [0.15, 0.2) is 77.7 Å². The first-order chi connectivity index (χ1) is 19.8. The number of fused-ring (bicyclic) bond motifs is 5. The molecule has 5 heteroatoms. The number of hydrogen-bond donors (Lipinski definition) is 2. The smallest absolute Gasteiger partial charge is 0.0988 e. The van der Waals surface area contributed by atoms with Crippen molar-refractivity contribution in [2.45, 2.75) is 100 Å². The van der Waals surface area contributed by atoms with Crippen LogP contribution >= 0.6 is 0 Å². The van der Waals surface area contributed by atoms with Crippen molar-refractivity contribution in [3.8, 4) is 0 Å². The third-order valence-corrected chi connectivity index (χ3v) is 8.78. The minimum Gasteiger partial charge on any atom is -0.512 e. The van der Waals surface area contributed by atoms with E-state index in [0.29, 0.717) is 5.76 Å². The predicted molar refractivity (Wildman–Crippen MR) is 175 cm³/mol. The molecule has 4 aliphatic rings. The molecule has 0 aliphatic carbocycles.